The number of anilines is 1. The zero-order valence-corrected chi connectivity index (χ0v) is 18.8. The van der Waals surface area contributed by atoms with Gasteiger partial charge in [-0.3, -0.25) is 9.69 Å². The maximum absolute atomic E-state index is 12.7. The number of carbonyl (C=O) groups is 1. The van der Waals surface area contributed by atoms with Gasteiger partial charge in [0.15, 0.2) is 0 Å². The van der Waals surface area contributed by atoms with Crippen molar-refractivity contribution in [3.05, 3.63) is 63.6 Å². The molecule has 0 bridgehead atoms. The number of piperazine rings is 1. The number of carbonyl (C=O) groups excluding carboxylic acids is 1. The molecule has 1 amide bonds. The highest BCUT2D eigenvalue weighted by Gasteiger charge is 2.26. The summed E-state index contributed by atoms with van der Waals surface area (Å²) in [6.45, 7) is 5.85. The lowest BCUT2D eigenvalue weighted by atomic mass is 10.00. The first-order valence-corrected chi connectivity index (χ1v) is 11.1. The SMILES string of the molecule is CN1CCN([C@@H](CNC(=O)c2cccc(Br)c2)c2ccc3c(c2)CCN3C)CC1. The summed E-state index contributed by atoms with van der Waals surface area (Å²) >= 11 is 3.45. The molecule has 1 fully saturated rings. The van der Waals surface area contributed by atoms with E-state index in [4.69, 9.17) is 0 Å². The monoisotopic (exact) mass is 456 g/mol. The van der Waals surface area contributed by atoms with Gasteiger partial charge in [0.1, 0.15) is 0 Å². The molecule has 2 aliphatic heterocycles. The molecule has 154 valence electrons. The van der Waals surface area contributed by atoms with Crippen LogP contribution >= 0.6 is 15.9 Å². The van der Waals surface area contributed by atoms with Gasteiger partial charge in [-0.25, -0.2) is 0 Å². The summed E-state index contributed by atoms with van der Waals surface area (Å²) in [7, 11) is 4.33. The Morgan fingerprint density at radius 3 is 2.62 bits per heavy atom. The molecular weight excluding hydrogens is 428 g/mol. The summed E-state index contributed by atoms with van der Waals surface area (Å²) < 4.78 is 0.920. The number of halogens is 1. The fraction of sp³-hybridized carbons (Fsp3) is 0.435. The summed E-state index contributed by atoms with van der Waals surface area (Å²) in [5.74, 6) is -0.0219. The van der Waals surface area contributed by atoms with Gasteiger partial charge >= 0.3 is 0 Å². The molecule has 0 spiro atoms. The van der Waals surface area contributed by atoms with E-state index in [1.54, 1.807) is 0 Å². The highest BCUT2D eigenvalue weighted by molar-refractivity contribution is 9.10. The molecule has 0 saturated carbocycles. The van der Waals surface area contributed by atoms with Crippen molar-refractivity contribution in [1.29, 1.82) is 0 Å². The standard InChI is InChI=1S/C23H29BrN4O/c1-26-10-12-28(13-11-26)22(16-25-23(29)19-4-3-5-20(24)15-19)17-6-7-21-18(14-17)8-9-27(21)2/h3-7,14-15,22H,8-13,16H2,1-2H3,(H,25,29)/t22-/m0/s1. The molecular formula is C23H29BrN4O. The molecule has 1 N–H and O–H groups in total. The Hall–Kier alpha value is -1.89. The fourth-order valence-corrected chi connectivity index (χ4v) is 4.71. The summed E-state index contributed by atoms with van der Waals surface area (Å²) in [6.07, 6.45) is 1.10. The Balaban J connectivity index is 1.53. The molecule has 6 heteroatoms. The quantitative estimate of drug-likeness (QED) is 0.749. The van der Waals surface area contributed by atoms with Gasteiger partial charge < -0.3 is 15.1 Å². The maximum atomic E-state index is 12.7. The van der Waals surface area contributed by atoms with E-state index in [0.717, 1.165) is 43.6 Å². The first-order chi connectivity index (χ1) is 14.0. The van der Waals surface area contributed by atoms with Gasteiger partial charge in [-0.1, -0.05) is 34.1 Å². The molecule has 4 rings (SSSR count). The lowest BCUT2D eigenvalue weighted by Crippen LogP contribution is -2.48. The zero-order chi connectivity index (χ0) is 20.4. The van der Waals surface area contributed by atoms with Crippen LogP contribution in [-0.4, -0.2) is 69.1 Å². The molecule has 29 heavy (non-hydrogen) atoms. The normalized spacial score (nSPS) is 18.5. The van der Waals surface area contributed by atoms with Crippen molar-refractivity contribution in [2.24, 2.45) is 0 Å². The molecule has 2 aromatic rings. The number of amides is 1. The second-order valence-corrected chi connectivity index (χ2v) is 9.05. The van der Waals surface area contributed by atoms with E-state index in [1.165, 1.54) is 16.8 Å². The summed E-state index contributed by atoms with van der Waals surface area (Å²) in [5, 5.41) is 3.18. The van der Waals surface area contributed by atoms with Crippen molar-refractivity contribution < 1.29 is 4.79 Å². The molecule has 1 saturated heterocycles. The summed E-state index contributed by atoms with van der Waals surface area (Å²) in [4.78, 5) is 19.9. The third kappa shape index (κ3) is 4.65. The van der Waals surface area contributed by atoms with Gasteiger partial charge in [0.05, 0.1) is 6.04 Å². The predicted octanol–water partition coefficient (Wildman–Crippen LogP) is 3.16. The minimum atomic E-state index is -0.0219. The number of fused-ring (bicyclic) bond motifs is 1. The highest BCUT2D eigenvalue weighted by Crippen LogP contribution is 2.31. The number of rotatable bonds is 5. The second-order valence-electron chi connectivity index (χ2n) is 8.14. The molecule has 5 nitrogen and oxygen atoms in total. The molecule has 2 heterocycles. The largest absolute Gasteiger partial charge is 0.374 e. The van der Waals surface area contributed by atoms with E-state index >= 15 is 0 Å². The van der Waals surface area contributed by atoms with Crippen LogP contribution in [0, 0.1) is 0 Å². The minimum absolute atomic E-state index is 0.0219. The van der Waals surface area contributed by atoms with Gasteiger partial charge in [-0.15, -0.1) is 0 Å². The molecule has 1 atom stereocenters. The molecule has 2 aromatic carbocycles. The van der Waals surface area contributed by atoms with E-state index in [2.05, 4.69) is 68.2 Å². The summed E-state index contributed by atoms with van der Waals surface area (Å²) in [6, 6.07) is 14.6. The smallest absolute Gasteiger partial charge is 0.251 e. The third-order valence-corrected chi connectivity index (χ3v) is 6.63. The average molecular weight is 457 g/mol. The summed E-state index contributed by atoms with van der Waals surface area (Å²) in [5.41, 5.74) is 4.75. The van der Waals surface area contributed by atoms with E-state index in [1.807, 2.05) is 24.3 Å². The van der Waals surface area contributed by atoms with Crippen molar-refractivity contribution in [1.82, 2.24) is 15.1 Å². The molecule has 0 radical (unpaired) electrons. The third-order valence-electron chi connectivity index (χ3n) is 6.14. The Morgan fingerprint density at radius 2 is 1.86 bits per heavy atom. The number of hydrogen-bond acceptors (Lipinski definition) is 4. The number of benzene rings is 2. The maximum Gasteiger partial charge on any atom is 0.251 e. The van der Waals surface area contributed by atoms with Gasteiger partial charge in [0.25, 0.3) is 5.91 Å². The van der Waals surface area contributed by atoms with E-state index in [0.29, 0.717) is 12.1 Å². The van der Waals surface area contributed by atoms with Gasteiger partial charge in [-0.2, -0.15) is 0 Å². The van der Waals surface area contributed by atoms with E-state index in [9.17, 15) is 4.79 Å². The fourth-order valence-electron chi connectivity index (χ4n) is 4.31. The number of nitrogens with one attached hydrogen (secondary N) is 1. The first kappa shape index (κ1) is 20.4. The zero-order valence-electron chi connectivity index (χ0n) is 17.2. The van der Waals surface area contributed by atoms with Crippen LogP contribution in [0.2, 0.25) is 0 Å². The second kappa shape index (κ2) is 8.86. The van der Waals surface area contributed by atoms with Crippen LogP contribution in [-0.2, 0) is 6.42 Å². The predicted molar refractivity (Wildman–Crippen MR) is 122 cm³/mol. The van der Waals surface area contributed by atoms with Crippen molar-refractivity contribution in [2.45, 2.75) is 12.5 Å². The van der Waals surface area contributed by atoms with Crippen LogP contribution < -0.4 is 10.2 Å². The Kier molecular flexibility index (Phi) is 6.23. The lowest BCUT2D eigenvalue weighted by Gasteiger charge is -2.38. The topological polar surface area (TPSA) is 38.8 Å². The highest BCUT2D eigenvalue weighted by atomic mass is 79.9. The van der Waals surface area contributed by atoms with Crippen molar-refractivity contribution >= 4 is 27.5 Å². The van der Waals surface area contributed by atoms with E-state index < -0.39 is 0 Å². The molecule has 0 aromatic heterocycles. The van der Waals surface area contributed by atoms with Gasteiger partial charge in [-0.05, 0) is 48.9 Å². The number of hydrogen-bond donors (Lipinski definition) is 1. The van der Waals surface area contributed by atoms with Crippen LogP contribution in [0.5, 0.6) is 0 Å². The van der Waals surface area contributed by atoms with Crippen molar-refractivity contribution in [3.63, 3.8) is 0 Å². The number of nitrogens with zero attached hydrogens (tertiary/aromatic N) is 3. The Bertz CT molecular complexity index is 879. The van der Waals surface area contributed by atoms with Crippen molar-refractivity contribution in [2.75, 3.05) is 58.3 Å². The molecule has 0 aliphatic carbocycles. The van der Waals surface area contributed by atoms with Crippen molar-refractivity contribution in [3.8, 4) is 0 Å². The van der Waals surface area contributed by atoms with Crippen LogP contribution in [0.15, 0.2) is 46.9 Å². The van der Waals surface area contributed by atoms with E-state index in [-0.39, 0.29) is 11.9 Å². The van der Waals surface area contributed by atoms with Crippen LogP contribution in [0.3, 0.4) is 0 Å². The van der Waals surface area contributed by atoms with Crippen LogP contribution in [0.25, 0.3) is 0 Å². The van der Waals surface area contributed by atoms with Crippen LogP contribution in [0.1, 0.15) is 27.5 Å². The Morgan fingerprint density at radius 1 is 1.07 bits per heavy atom. The van der Waals surface area contributed by atoms with Crippen LogP contribution in [0.4, 0.5) is 5.69 Å². The molecule has 2 aliphatic rings. The Labute approximate surface area is 181 Å². The average Bonchev–Trinajstić information content (AvgIpc) is 3.09. The minimum Gasteiger partial charge on any atom is -0.374 e. The van der Waals surface area contributed by atoms with Gasteiger partial charge in [0.2, 0.25) is 0 Å². The van der Waals surface area contributed by atoms with Gasteiger partial charge in [0, 0.05) is 62.0 Å². The molecule has 0 unspecified atom stereocenters. The number of likely N-dealkylation sites (N-methyl/N-ethyl adjacent to an activating group) is 2. The first-order valence-electron chi connectivity index (χ1n) is 10.3. The lowest BCUT2D eigenvalue weighted by molar-refractivity contribution is 0.0886.